The van der Waals surface area contributed by atoms with Crippen LogP contribution in [0.1, 0.15) is 36.3 Å². The summed E-state index contributed by atoms with van der Waals surface area (Å²) >= 11 is 3.35. The topological polar surface area (TPSA) is 54.0 Å². The Morgan fingerprint density at radius 1 is 1.29 bits per heavy atom. The van der Waals surface area contributed by atoms with Crippen LogP contribution in [-0.2, 0) is 18.4 Å². The van der Waals surface area contributed by atoms with Crippen molar-refractivity contribution in [1.82, 2.24) is 15.6 Å². The number of nitrogens with one attached hydrogen (secondary N) is 2. The monoisotopic (exact) mass is 323 g/mol. The van der Waals surface area contributed by atoms with Crippen LogP contribution in [0.5, 0.6) is 0 Å². The standard InChI is InChI=1S/C15H21N3OS2/c1-15(2,3)13-18-11(10-21-13)9-17-14(19)16-7-6-12-5-4-8-20-12/h4-5,8,10H,6-7,9H2,1-3H3,(H2,16,17,19). The average molecular weight is 323 g/mol. The smallest absolute Gasteiger partial charge is 0.315 e. The Morgan fingerprint density at radius 3 is 2.71 bits per heavy atom. The van der Waals surface area contributed by atoms with Crippen molar-refractivity contribution in [3.8, 4) is 0 Å². The van der Waals surface area contributed by atoms with Crippen molar-refractivity contribution in [1.29, 1.82) is 0 Å². The van der Waals surface area contributed by atoms with E-state index in [1.807, 2.05) is 16.8 Å². The number of amides is 2. The van der Waals surface area contributed by atoms with Crippen LogP contribution < -0.4 is 10.6 Å². The lowest BCUT2D eigenvalue weighted by atomic mass is 9.98. The predicted molar refractivity (Wildman–Crippen MR) is 89.1 cm³/mol. The molecule has 0 saturated carbocycles. The van der Waals surface area contributed by atoms with Gasteiger partial charge in [-0.1, -0.05) is 26.8 Å². The minimum atomic E-state index is -0.142. The second-order valence-electron chi connectivity index (χ2n) is 5.83. The summed E-state index contributed by atoms with van der Waals surface area (Å²) in [7, 11) is 0. The summed E-state index contributed by atoms with van der Waals surface area (Å²) in [4.78, 5) is 17.5. The van der Waals surface area contributed by atoms with Gasteiger partial charge in [0.1, 0.15) is 0 Å². The number of carbonyl (C=O) groups excluding carboxylic acids is 1. The molecule has 2 heterocycles. The van der Waals surface area contributed by atoms with Crippen LogP contribution in [0.25, 0.3) is 0 Å². The first-order chi connectivity index (χ1) is 9.95. The van der Waals surface area contributed by atoms with Gasteiger partial charge in [-0.05, 0) is 17.9 Å². The number of hydrogen-bond donors (Lipinski definition) is 2. The molecule has 2 aromatic rings. The van der Waals surface area contributed by atoms with Gasteiger partial charge in [-0.15, -0.1) is 22.7 Å². The second-order valence-corrected chi connectivity index (χ2v) is 7.72. The fourth-order valence-electron chi connectivity index (χ4n) is 1.72. The maximum absolute atomic E-state index is 11.7. The third-order valence-electron chi connectivity index (χ3n) is 2.86. The molecule has 6 heteroatoms. The molecule has 21 heavy (non-hydrogen) atoms. The number of nitrogens with zero attached hydrogens (tertiary/aromatic N) is 1. The molecule has 0 fully saturated rings. The SMILES string of the molecule is CC(C)(C)c1nc(CNC(=O)NCCc2cccs2)cs1. The molecule has 114 valence electrons. The van der Waals surface area contributed by atoms with Gasteiger partial charge in [0.25, 0.3) is 0 Å². The van der Waals surface area contributed by atoms with E-state index >= 15 is 0 Å². The number of thiazole rings is 1. The van der Waals surface area contributed by atoms with Crippen molar-refractivity contribution in [2.75, 3.05) is 6.54 Å². The highest BCUT2D eigenvalue weighted by Gasteiger charge is 2.17. The van der Waals surface area contributed by atoms with Crippen molar-refractivity contribution in [2.45, 2.75) is 39.2 Å². The highest BCUT2D eigenvalue weighted by Crippen LogP contribution is 2.25. The van der Waals surface area contributed by atoms with Crippen LogP contribution in [0.15, 0.2) is 22.9 Å². The molecule has 0 bridgehead atoms. The van der Waals surface area contributed by atoms with Crippen molar-refractivity contribution in [3.05, 3.63) is 38.5 Å². The van der Waals surface area contributed by atoms with E-state index < -0.39 is 0 Å². The first-order valence-electron chi connectivity index (χ1n) is 6.94. The number of thiophene rings is 1. The Hall–Kier alpha value is -1.40. The lowest BCUT2D eigenvalue weighted by molar-refractivity contribution is 0.240. The van der Waals surface area contributed by atoms with Crippen LogP contribution in [0.4, 0.5) is 4.79 Å². The Balaban J connectivity index is 1.70. The van der Waals surface area contributed by atoms with Crippen LogP contribution in [0.2, 0.25) is 0 Å². The lowest BCUT2D eigenvalue weighted by Crippen LogP contribution is -2.36. The van der Waals surface area contributed by atoms with Gasteiger partial charge in [0.2, 0.25) is 0 Å². The quantitative estimate of drug-likeness (QED) is 0.884. The van der Waals surface area contributed by atoms with E-state index in [9.17, 15) is 4.79 Å². The summed E-state index contributed by atoms with van der Waals surface area (Å²) in [5.41, 5.74) is 0.977. The van der Waals surface area contributed by atoms with Crippen LogP contribution in [-0.4, -0.2) is 17.6 Å². The van der Waals surface area contributed by atoms with Gasteiger partial charge >= 0.3 is 6.03 Å². The largest absolute Gasteiger partial charge is 0.338 e. The van der Waals surface area contributed by atoms with Crippen molar-refractivity contribution in [3.63, 3.8) is 0 Å². The molecule has 0 aromatic carbocycles. The number of aromatic nitrogens is 1. The molecule has 0 atom stereocenters. The summed E-state index contributed by atoms with van der Waals surface area (Å²) in [5.74, 6) is 0. The maximum atomic E-state index is 11.7. The summed E-state index contributed by atoms with van der Waals surface area (Å²) < 4.78 is 0. The third-order valence-corrected chi connectivity index (χ3v) is 5.11. The minimum Gasteiger partial charge on any atom is -0.338 e. The third kappa shape index (κ3) is 5.13. The first-order valence-corrected chi connectivity index (χ1v) is 8.70. The predicted octanol–water partition coefficient (Wildman–Crippen LogP) is 3.54. The van der Waals surface area contributed by atoms with Gasteiger partial charge in [-0.3, -0.25) is 0 Å². The highest BCUT2D eigenvalue weighted by molar-refractivity contribution is 7.10. The summed E-state index contributed by atoms with van der Waals surface area (Å²) in [6, 6.07) is 3.96. The Kier molecular flexibility index (Phi) is 5.36. The number of hydrogen-bond acceptors (Lipinski definition) is 4. The zero-order valence-corrected chi connectivity index (χ0v) is 14.2. The molecule has 4 nitrogen and oxygen atoms in total. The van der Waals surface area contributed by atoms with E-state index in [2.05, 4.69) is 42.5 Å². The van der Waals surface area contributed by atoms with Gasteiger partial charge in [0, 0.05) is 22.2 Å². The number of carbonyl (C=O) groups is 1. The van der Waals surface area contributed by atoms with Gasteiger partial charge in [-0.25, -0.2) is 9.78 Å². The molecule has 2 aromatic heterocycles. The maximum Gasteiger partial charge on any atom is 0.315 e. The molecule has 2 rings (SSSR count). The van der Waals surface area contributed by atoms with Crippen molar-refractivity contribution >= 4 is 28.7 Å². The van der Waals surface area contributed by atoms with E-state index in [0.717, 1.165) is 17.1 Å². The zero-order chi connectivity index (χ0) is 15.3. The molecule has 0 aliphatic heterocycles. The molecular weight excluding hydrogens is 302 g/mol. The second kappa shape index (κ2) is 7.04. The minimum absolute atomic E-state index is 0.0614. The molecule has 2 amide bonds. The van der Waals surface area contributed by atoms with Gasteiger partial charge in [0.05, 0.1) is 17.2 Å². The molecule has 0 saturated heterocycles. The summed E-state index contributed by atoms with van der Waals surface area (Å²) in [6.45, 7) is 7.54. The van der Waals surface area contributed by atoms with E-state index in [1.54, 1.807) is 22.7 Å². The van der Waals surface area contributed by atoms with Crippen LogP contribution in [0, 0.1) is 0 Å². The Morgan fingerprint density at radius 2 is 2.10 bits per heavy atom. The summed E-state index contributed by atoms with van der Waals surface area (Å²) in [6.07, 6.45) is 0.871. The molecule has 0 unspecified atom stereocenters. The van der Waals surface area contributed by atoms with Gasteiger partial charge in [0.15, 0.2) is 0 Å². The molecule has 0 aliphatic rings. The van der Waals surface area contributed by atoms with Crippen LogP contribution in [0.3, 0.4) is 0 Å². The fourth-order valence-corrected chi connectivity index (χ4v) is 3.34. The van der Waals surface area contributed by atoms with Crippen molar-refractivity contribution < 1.29 is 4.79 Å². The highest BCUT2D eigenvalue weighted by atomic mass is 32.1. The first kappa shape index (κ1) is 16.0. The number of urea groups is 1. The average Bonchev–Trinajstić information content (AvgIpc) is 3.06. The molecular formula is C15H21N3OS2. The van der Waals surface area contributed by atoms with E-state index in [1.165, 1.54) is 4.88 Å². The number of rotatable bonds is 5. The van der Waals surface area contributed by atoms with Crippen LogP contribution >= 0.6 is 22.7 Å². The zero-order valence-electron chi connectivity index (χ0n) is 12.6. The van der Waals surface area contributed by atoms with Gasteiger partial charge < -0.3 is 10.6 Å². The fraction of sp³-hybridized carbons (Fsp3) is 0.467. The molecule has 0 aliphatic carbocycles. The Bertz CT molecular complexity index is 570. The van der Waals surface area contributed by atoms with E-state index in [0.29, 0.717) is 13.1 Å². The molecule has 0 spiro atoms. The summed E-state index contributed by atoms with van der Waals surface area (Å²) in [5, 5.41) is 10.8. The van der Waals surface area contributed by atoms with E-state index in [-0.39, 0.29) is 11.4 Å². The van der Waals surface area contributed by atoms with Crippen molar-refractivity contribution in [2.24, 2.45) is 0 Å². The molecule has 0 radical (unpaired) electrons. The normalized spacial score (nSPS) is 11.4. The van der Waals surface area contributed by atoms with E-state index in [4.69, 9.17) is 0 Å². The Labute approximate surface area is 133 Å². The molecule has 2 N–H and O–H groups in total. The van der Waals surface area contributed by atoms with Gasteiger partial charge in [-0.2, -0.15) is 0 Å². The lowest BCUT2D eigenvalue weighted by Gasteiger charge is -2.13.